The first-order chi connectivity index (χ1) is 14.2. The lowest BCUT2D eigenvalue weighted by molar-refractivity contribution is -0.137. The zero-order valence-electron chi connectivity index (χ0n) is 16.7. The molecule has 0 bridgehead atoms. The van der Waals surface area contributed by atoms with Crippen molar-refractivity contribution in [3.63, 3.8) is 0 Å². The fourth-order valence-corrected chi connectivity index (χ4v) is 2.79. The minimum absolute atomic E-state index is 0.0272. The van der Waals surface area contributed by atoms with Crippen molar-refractivity contribution in [2.75, 3.05) is 19.8 Å². The summed E-state index contributed by atoms with van der Waals surface area (Å²) in [6.07, 6.45) is -1.96. The molecule has 0 aliphatic carbocycles. The smallest absolute Gasteiger partial charge is 0.416 e. The van der Waals surface area contributed by atoms with E-state index in [0.29, 0.717) is 31.1 Å². The Labute approximate surface area is 178 Å². The van der Waals surface area contributed by atoms with Crippen LogP contribution in [0.15, 0.2) is 47.8 Å². The predicted octanol–water partition coefficient (Wildman–Crippen LogP) is 6.85. The Kier molecular flexibility index (Phi) is 8.84. The molecule has 30 heavy (non-hydrogen) atoms. The molecule has 2 aromatic carbocycles. The molecule has 0 heterocycles. The van der Waals surface area contributed by atoms with E-state index in [4.69, 9.17) is 25.8 Å². The summed E-state index contributed by atoms with van der Waals surface area (Å²) in [6.45, 7) is 4.59. The summed E-state index contributed by atoms with van der Waals surface area (Å²) >= 11 is 5.15. The molecule has 2 rings (SSSR count). The van der Waals surface area contributed by atoms with Crippen molar-refractivity contribution < 1.29 is 31.8 Å². The lowest BCUT2D eigenvalue weighted by Crippen LogP contribution is -2.08. The van der Waals surface area contributed by atoms with Crippen LogP contribution >= 0.6 is 11.6 Å². The van der Waals surface area contributed by atoms with Gasteiger partial charge in [-0.2, -0.15) is 17.6 Å². The number of hydrogen-bond donors (Lipinski definition) is 0. The fourth-order valence-electron chi connectivity index (χ4n) is 2.73. The van der Waals surface area contributed by atoms with Gasteiger partial charge in [-0.15, -0.1) is 0 Å². The number of benzene rings is 2. The molecular weight excluding hydrogens is 424 g/mol. The molecule has 0 aromatic heterocycles. The lowest BCUT2D eigenvalue weighted by atomic mass is 10.1. The van der Waals surface area contributed by atoms with Gasteiger partial charge in [0.2, 0.25) is 0 Å². The minimum Gasteiger partial charge on any atom is -0.493 e. The number of alkyl halides is 3. The number of halogens is 5. The van der Waals surface area contributed by atoms with Crippen LogP contribution in [0.1, 0.15) is 30.0 Å². The number of rotatable bonds is 10. The van der Waals surface area contributed by atoms with E-state index in [2.05, 4.69) is 0 Å². The topological polar surface area (TPSA) is 27.7 Å². The Bertz CT molecular complexity index is 845. The molecule has 0 amide bonds. The number of hydrogen-bond acceptors (Lipinski definition) is 3. The van der Waals surface area contributed by atoms with Crippen LogP contribution in [0, 0.1) is 6.92 Å². The highest BCUT2D eigenvalue weighted by Crippen LogP contribution is 2.31. The van der Waals surface area contributed by atoms with Crippen molar-refractivity contribution in [3.05, 3.63) is 64.5 Å². The molecule has 0 N–H and O–H groups in total. The molecule has 0 fully saturated rings. The highest BCUT2D eigenvalue weighted by atomic mass is 35.5. The summed E-state index contributed by atoms with van der Waals surface area (Å²) in [5.41, 5.74) is 1.12. The predicted molar refractivity (Wildman–Crippen MR) is 108 cm³/mol. The third-order valence-electron chi connectivity index (χ3n) is 4.18. The van der Waals surface area contributed by atoms with Crippen molar-refractivity contribution in [2.45, 2.75) is 32.9 Å². The molecule has 8 heteroatoms. The second kappa shape index (κ2) is 11.1. The molecular formula is C22H23ClF4O3. The molecule has 0 aliphatic heterocycles. The van der Waals surface area contributed by atoms with Gasteiger partial charge < -0.3 is 14.2 Å². The van der Waals surface area contributed by atoms with Crippen molar-refractivity contribution in [2.24, 2.45) is 0 Å². The van der Waals surface area contributed by atoms with E-state index in [1.807, 2.05) is 19.9 Å². The highest BCUT2D eigenvalue weighted by molar-refractivity contribution is 6.28. The Morgan fingerprint density at radius 3 is 2.27 bits per heavy atom. The maximum atomic E-state index is 12.6. The van der Waals surface area contributed by atoms with Gasteiger partial charge in [-0.25, -0.2) is 0 Å². The molecule has 164 valence electrons. The van der Waals surface area contributed by atoms with Crippen LogP contribution in [0.2, 0.25) is 0 Å². The average Bonchev–Trinajstić information content (AvgIpc) is 2.68. The third-order valence-corrected chi connectivity index (χ3v) is 4.33. The van der Waals surface area contributed by atoms with Gasteiger partial charge in [0.1, 0.15) is 23.9 Å². The van der Waals surface area contributed by atoms with E-state index in [1.165, 1.54) is 12.1 Å². The van der Waals surface area contributed by atoms with Crippen LogP contribution in [0.3, 0.4) is 0 Å². The quantitative estimate of drug-likeness (QED) is 0.295. The number of ether oxygens (including phenoxy) is 3. The Morgan fingerprint density at radius 1 is 1.00 bits per heavy atom. The summed E-state index contributed by atoms with van der Waals surface area (Å²) in [5, 5.41) is -0.819. The Hall–Kier alpha value is -2.41. The summed E-state index contributed by atoms with van der Waals surface area (Å²) in [4.78, 5) is 0. The van der Waals surface area contributed by atoms with E-state index in [-0.39, 0.29) is 6.61 Å². The van der Waals surface area contributed by atoms with E-state index in [1.54, 1.807) is 6.07 Å². The van der Waals surface area contributed by atoms with Crippen molar-refractivity contribution in [1.29, 1.82) is 0 Å². The van der Waals surface area contributed by atoms with Crippen LogP contribution in [-0.2, 0) is 12.6 Å². The molecule has 0 unspecified atom stereocenters. The van der Waals surface area contributed by atoms with Crippen LogP contribution in [0.4, 0.5) is 17.6 Å². The molecule has 3 nitrogen and oxygen atoms in total. The summed E-state index contributed by atoms with van der Waals surface area (Å²) in [7, 11) is 0. The summed E-state index contributed by atoms with van der Waals surface area (Å²) in [5.74, 6) is 1.72. The van der Waals surface area contributed by atoms with E-state index >= 15 is 0 Å². The van der Waals surface area contributed by atoms with Gasteiger partial charge in [-0.1, -0.05) is 18.5 Å². The van der Waals surface area contributed by atoms with Crippen LogP contribution < -0.4 is 14.2 Å². The summed E-state index contributed by atoms with van der Waals surface area (Å²) in [6, 6.07) is 8.21. The SMILES string of the molecule is CCc1cc(OC/C=C(/F)Cl)cc(C)c1OCCCOc1ccc(C(F)(F)F)cc1. The maximum Gasteiger partial charge on any atom is 0.416 e. The van der Waals surface area contributed by atoms with Crippen molar-refractivity contribution in [3.8, 4) is 17.2 Å². The maximum absolute atomic E-state index is 12.6. The second-order valence-electron chi connectivity index (χ2n) is 6.46. The van der Waals surface area contributed by atoms with Gasteiger partial charge in [-0.05, 0) is 60.9 Å². The average molecular weight is 447 g/mol. The van der Waals surface area contributed by atoms with Gasteiger partial charge in [0.25, 0.3) is 0 Å². The normalized spacial score (nSPS) is 12.0. The molecule has 0 saturated carbocycles. The first kappa shape index (κ1) is 23.9. The van der Waals surface area contributed by atoms with E-state index < -0.39 is 17.0 Å². The largest absolute Gasteiger partial charge is 0.493 e. The van der Waals surface area contributed by atoms with E-state index in [9.17, 15) is 17.6 Å². The zero-order valence-corrected chi connectivity index (χ0v) is 17.4. The third kappa shape index (κ3) is 7.44. The number of aryl methyl sites for hydroxylation is 2. The monoisotopic (exact) mass is 446 g/mol. The van der Waals surface area contributed by atoms with Gasteiger partial charge in [0.05, 0.1) is 18.8 Å². The Balaban J connectivity index is 1.84. The molecule has 2 aromatic rings. The fraction of sp³-hybridized carbons (Fsp3) is 0.364. The van der Waals surface area contributed by atoms with Crippen LogP contribution in [0.25, 0.3) is 0 Å². The molecule has 0 spiro atoms. The van der Waals surface area contributed by atoms with Gasteiger partial charge >= 0.3 is 6.18 Å². The van der Waals surface area contributed by atoms with Gasteiger partial charge in [0, 0.05) is 12.5 Å². The first-order valence-corrected chi connectivity index (χ1v) is 9.78. The second-order valence-corrected chi connectivity index (χ2v) is 6.82. The molecule has 0 atom stereocenters. The van der Waals surface area contributed by atoms with Crippen LogP contribution in [-0.4, -0.2) is 19.8 Å². The van der Waals surface area contributed by atoms with Crippen molar-refractivity contribution >= 4 is 11.6 Å². The van der Waals surface area contributed by atoms with Gasteiger partial charge in [0.15, 0.2) is 5.29 Å². The summed E-state index contributed by atoms with van der Waals surface area (Å²) < 4.78 is 67.0. The Morgan fingerprint density at radius 2 is 1.67 bits per heavy atom. The van der Waals surface area contributed by atoms with Crippen molar-refractivity contribution in [1.82, 2.24) is 0 Å². The molecule has 0 radical (unpaired) electrons. The van der Waals surface area contributed by atoms with Gasteiger partial charge in [-0.3, -0.25) is 0 Å². The van der Waals surface area contributed by atoms with Crippen LogP contribution in [0.5, 0.6) is 17.2 Å². The molecule has 0 aliphatic rings. The molecule has 0 saturated heterocycles. The minimum atomic E-state index is -4.36. The standard InChI is InChI=1S/C22H23ClF4O3/c1-3-16-14-19(29-12-9-20(23)24)13-15(2)21(16)30-11-4-10-28-18-7-5-17(6-8-18)22(25,26)27/h5-9,13-14H,3-4,10-12H2,1-2H3/b20-9+. The van der Waals surface area contributed by atoms with E-state index in [0.717, 1.165) is 41.5 Å². The first-order valence-electron chi connectivity index (χ1n) is 9.41. The highest BCUT2D eigenvalue weighted by Gasteiger charge is 2.30. The zero-order chi connectivity index (χ0) is 22.1. The lowest BCUT2D eigenvalue weighted by Gasteiger charge is -2.16.